The van der Waals surface area contributed by atoms with Crippen molar-refractivity contribution in [2.75, 3.05) is 4.90 Å². The molecule has 3 aromatic rings. The minimum Gasteiger partial charge on any atom is -0.399 e. The van der Waals surface area contributed by atoms with Gasteiger partial charge in [0.15, 0.2) is 0 Å². The van der Waals surface area contributed by atoms with E-state index in [-0.39, 0.29) is 0 Å². The van der Waals surface area contributed by atoms with Crippen molar-refractivity contribution in [3.8, 4) is 0 Å². The van der Waals surface area contributed by atoms with Crippen molar-refractivity contribution in [2.24, 2.45) is 0 Å². The van der Waals surface area contributed by atoms with Crippen LogP contribution in [0.2, 0.25) is 0 Å². The van der Waals surface area contributed by atoms with E-state index >= 15 is 0 Å². The van der Waals surface area contributed by atoms with Crippen molar-refractivity contribution >= 4 is 54.4 Å². The third kappa shape index (κ3) is 4.44. The fraction of sp³-hybridized carbons (Fsp3) is 0.394. The Bertz CT molecular complexity index is 1370. The van der Waals surface area contributed by atoms with Gasteiger partial charge >= 0.3 is 14.2 Å². The first-order chi connectivity index (χ1) is 18.7. The number of aryl methyl sites for hydroxylation is 1. The molecule has 7 heteroatoms. The molecule has 5 nitrogen and oxygen atoms in total. The summed E-state index contributed by atoms with van der Waals surface area (Å²) in [5.41, 5.74) is 7.16. The van der Waals surface area contributed by atoms with E-state index in [1.54, 1.807) is 0 Å². The van der Waals surface area contributed by atoms with E-state index in [9.17, 15) is 0 Å². The molecule has 0 radical (unpaired) electrons. The zero-order valence-corrected chi connectivity index (χ0v) is 25.2. The van der Waals surface area contributed by atoms with Gasteiger partial charge in [-0.2, -0.15) is 0 Å². The Hall–Kier alpha value is -2.83. The van der Waals surface area contributed by atoms with E-state index in [0.717, 1.165) is 39.1 Å². The van der Waals surface area contributed by atoms with E-state index in [0.29, 0.717) is 0 Å². The zero-order chi connectivity index (χ0) is 28.7. The molecule has 0 saturated carbocycles. The summed E-state index contributed by atoms with van der Waals surface area (Å²) in [7, 11) is -0.839. The summed E-state index contributed by atoms with van der Waals surface area (Å²) in [6.45, 7) is 18.8. The molecule has 3 aliphatic heterocycles. The highest BCUT2D eigenvalue weighted by atomic mass is 16.7. The number of benzene rings is 3. The molecule has 2 saturated heterocycles. The molecular formula is C33H39B2NO4. The zero-order valence-electron chi connectivity index (χ0n) is 25.2. The van der Waals surface area contributed by atoms with Gasteiger partial charge in [0.2, 0.25) is 0 Å². The molecule has 3 aromatic carbocycles. The average molecular weight is 535 g/mol. The van der Waals surface area contributed by atoms with Crippen LogP contribution < -0.4 is 15.8 Å². The van der Waals surface area contributed by atoms with Gasteiger partial charge < -0.3 is 23.5 Å². The van der Waals surface area contributed by atoms with Crippen LogP contribution in [0.5, 0.6) is 0 Å². The van der Waals surface area contributed by atoms with Crippen LogP contribution in [0.25, 0.3) is 12.2 Å². The minimum absolute atomic E-state index is 0.394. The molecule has 206 valence electrons. The van der Waals surface area contributed by atoms with Gasteiger partial charge in [0.1, 0.15) is 0 Å². The summed E-state index contributed by atoms with van der Waals surface area (Å²) in [6, 6.07) is 21.7. The molecule has 3 heterocycles. The second kappa shape index (κ2) is 9.09. The SMILES string of the molecule is Cc1ccc(N2c3ccc(B4OC(C)(C)C(C)(C)O4)cc3C=Cc3cc(B4OC(C)(C)C(C)(C)O4)ccc32)cc1. The van der Waals surface area contributed by atoms with Crippen molar-refractivity contribution in [1.29, 1.82) is 0 Å². The van der Waals surface area contributed by atoms with Crippen molar-refractivity contribution < 1.29 is 18.6 Å². The molecule has 2 fully saturated rings. The topological polar surface area (TPSA) is 40.2 Å². The van der Waals surface area contributed by atoms with Crippen LogP contribution in [0.1, 0.15) is 72.1 Å². The van der Waals surface area contributed by atoms with Crippen LogP contribution in [0, 0.1) is 6.92 Å². The van der Waals surface area contributed by atoms with Crippen molar-refractivity contribution in [2.45, 2.75) is 84.7 Å². The van der Waals surface area contributed by atoms with Crippen LogP contribution in [0.3, 0.4) is 0 Å². The van der Waals surface area contributed by atoms with Crippen LogP contribution in [-0.4, -0.2) is 36.6 Å². The van der Waals surface area contributed by atoms with E-state index in [1.807, 2.05) is 0 Å². The van der Waals surface area contributed by atoms with Crippen LogP contribution in [0.4, 0.5) is 17.1 Å². The summed E-state index contributed by atoms with van der Waals surface area (Å²) in [5.74, 6) is 0. The normalized spacial score (nSPS) is 21.8. The Morgan fingerprint density at radius 3 is 1.27 bits per heavy atom. The number of hydrogen-bond acceptors (Lipinski definition) is 5. The molecule has 0 aliphatic carbocycles. The summed E-state index contributed by atoms with van der Waals surface area (Å²) < 4.78 is 25.5. The molecule has 0 atom stereocenters. The smallest absolute Gasteiger partial charge is 0.399 e. The minimum atomic E-state index is -0.419. The predicted molar refractivity (Wildman–Crippen MR) is 166 cm³/mol. The molecule has 6 rings (SSSR count). The monoisotopic (exact) mass is 535 g/mol. The summed E-state index contributed by atoms with van der Waals surface area (Å²) in [5, 5.41) is 0. The second-order valence-corrected chi connectivity index (χ2v) is 13.3. The fourth-order valence-electron chi connectivity index (χ4n) is 5.35. The van der Waals surface area contributed by atoms with Crippen LogP contribution in [-0.2, 0) is 18.6 Å². The van der Waals surface area contributed by atoms with E-state index in [2.05, 4.69) is 140 Å². The first-order valence-corrected chi connectivity index (χ1v) is 14.2. The number of hydrogen-bond donors (Lipinski definition) is 0. The van der Waals surface area contributed by atoms with E-state index in [4.69, 9.17) is 18.6 Å². The van der Waals surface area contributed by atoms with Crippen LogP contribution in [0.15, 0.2) is 60.7 Å². The Labute approximate surface area is 239 Å². The Morgan fingerprint density at radius 1 is 0.525 bits per heavy atom. The molecule has 0 unspecified atom stereocenters. The van der Waals surface area contributed by atoms with Gasteiger partial charge in [0.25, 0.3) is 0 Å². The van der Waals surface area contributed by atoms with E-state index in [1.165, 1.54) is 5.56 Å². The summed E-state index contributed by atoms with van der Waals surface area (Å²) >= 11 is 0. The fourth-order valence-corrected chi connectivity index (χ4v) is 5.35. The number of anilines is 3. The van der Waals surface area contributed by atoms with Crippen molar-refractivity contribution in [3.05, 3.63) is 77.4 Å². The van der Waals surface area contributed by atoms with E-state index < -0.39 is 36.6 Å². The van der Waals surface area contributed by atoms with Gasteiger partial charge in [-0.25, -0.2) is 0 Å². The molecule has 40 heavy (non-hydrogen) atoms. The standard InChI is InChI=1S/C33H39B2NO4/c1-22-10-16-27(17-11-22)36-28-18-14-25(34-37-30(2,3)31(4,5)38-34)20-23(28)12-13-24-21-26(15-19-29(24)36)35-39-32(6,7)33(8,9)40-35/h10-21H,1-9H3. The lowest BCUT2D eigenvalue weighted by Gasteiger charge is -2.32. The first kappa shape index (κ1) is 27.3. The third-order valence-corrected chi connectivity index (χ3v) is 9.37. The Morgan fingerprint density at radius 2 is 0.900 bits per heavy atom. The number of nitrogens with zero attached hydrogens (tertiary/aromatic N) is 1. The summed E-state index contributed by atoms with van der Waals surface area (Å²) in [6.07, 6.45) is 4.37. The largest absolute Gasteiger partial charge is 0.494 e. The van der Waals surface area contributed by atoms with Crippen molar-refractivity contribution in [3.63, 3.8) is 0 Å². The summed E-state index contributed by atoms with van der Waals surface area (Å²) in [4.78, 5) is 2.33. The molecule has 0 bridgehead atoms. The third-order valence-electron chi connectivity index (χ3n) is 9.37. The van der Waals surface area contributed by atoms with Crippen molar-refractivity contribution in [1.82, 2.24) is 0 Å². The Kier molecular flexibility index (Phi) is 6.21. The maximum Gasteiger partial charge on any atom is 0.494 e. The average Bonchev–Trinajstić information content (AvgIpc) is 3.15. The highest BCUT2D eigenvalue weighted by Gasteiger charge is 2.53. The molecule has 0 amide bonds. The quantitative estimate of drug-likeness (QED) is 0.279. The number of fused-ring (bicyclic) bond motifs is 2. The van der Waals surface area contributed by atoms with Gasteiger partial charge in [0.05, 0.1) is 33.8 Å². The number of rotatable bonds is 3. The highest BCUT2D eigenvalue weighted by molar-refractivity contribution is 6.62. The molecule has 0 spiro atoms. The maximum absolute atomic E-state index is 6.38. The van der Waals surface area contributed by atoms with Gasteiger partial charge in [-0.1, -0.05) is 54.1 Å². The van der Waals surface area contributed by atoms with Crippen LogP contribution >= 0.6 is 0 Å². The lowest BCUT2D eigenvalue weighted by Crippen LogP contribution is -2.41. The Balaban J connectivity index is 1.43. The first-order valence-electron chi connectivity index (χ1n) is 14.2. The predicted octanol–water partition coefficient (Wildman–Crippen LogP) is 6.55. The molecule has 0 aromatic heterocycles. The molecule has 0 N–H and O–H groups in total. The maximum atomic E-state index is 6.38. The van der Waals surface area contributed by atoms with Gasteiger partial charge in [0, 0.05) is 5.69 Å². The van der Waals surface area contributed by atoms with Gasteiger partial charge in [-0.3, -0.25) is 0 Å². The lowest BCUT2D eigenvalue weighted by atomic mass is 9.78. The molecular weight excluding hydrogens is 496 g/mol. The highest BCUT2D eigenvalue weighted by Crippen LogP contribution is 2.43. The molecule has 3 aliphatic rings. The van der Waals surface area contributed by atoms with Gasteiger partial charge in [-0.15, -0.1) is 0 Å². The second-order valence-electron chi connectivity index (χ2n) is 13.3. The van der Waals surface area contributed by atoms with Gasteiger partial charge in [-0.05, 0) is 109 Å². The lowest BCUT2D eigenvalue weighted by molar-refractivity contribution is 0.00578.